The number of halogens is 1. The maximum absolute atomic E-state index is 13.3. The molecule has 6 heteroatoms. The maximum Gasteiger partial charge on any atom is 0.182 e. The predicted octanol–water partition coefficient (Wildman–Crippen LogP) is 2.67. The molecule has 0 saturated heterocycles. The van der Waals surface area contributed by atoms with Crippen LogP contribution in [0.4, 0.5) is 4.39 Å². The van der Waals surface area contributed by atoms with E-state index in [2.05, 4.69) is 0 Å². The van der Waals surface area contributed by atoms with Crippen molar-refractivity contribution in [2.24, 2.45) is 11.1 Å². The summed E-state index contributed by atoms with van der Waals surface area (Å²) >= 11 is 0. The second-order valence-electron chi connectivity index (χ2n) is 6.68. The Morgan fingerprint density at radius 2 is 1.72 bits per heavy atom. The third-order valence-electron chi connectivity index (χ3n) is 5.09. The van der Waals surface area contributed by atoms with Crippen LogP contribution in [0, 0.1) is 18.2 Å². The van der Waals surface area contributed by atoms with Crippen LogP contribution in [0.1, 0.15) is 17.0 Å². The molecule has 2 N–H and O–H groups in total. The smallest absolute Gasteiger partial charge is 0.182 e. The summed E-state index contributed by atoms with van der Waals surface area (Å²) in [6.07, 6.45) is 0. The highest BCUT2D eigenvalue weighted by molar-refractivity contribution is 7.92. The first kappa shape index (κ1) is 18.0. The van der Waals surface area contributed by atoms with E-state index in [-0.39, 0.29) is 29.8 Å². The van der Waals surface area contributed by atoms with E-state index in [4.69, 9.17) is 10.5 Å². The molecular formula is C19H22FNO3S. The molecule has 25 heavy (non-hydrogen) atoms. The summed E-state index contributed by atoms with van der Waals surface area (Å²) in [7, 11) is -2.05. The van der Waals surface area contributed by atoms with Gasteiger partial charge in [-0.1, -0.05) is 29.8 Å². The molecule has 0 heterocycles. The number of ether oxygens (including phenoxy) is 1. The molecule has 3 unspecified atom stereocenters. The maximum atomic E-state index is 13.3. The minimum Gasteiger partial charge on any atom is -0.384 e. The fourth-order valence-electron chi connectivity index (χ4n) is 3.74. The number of hydrogen-bond acceptors (Lipinski definition) is 4. The zero-order valence-electron chi connectivity index (χ0n) is 14.3. The molecule has 2 aromatic rings. The molecule has 0 radical (unpaired) electrons. The van der Waals surface area contributed by atoms with Crippen LogP contribution in [0.15, 0.2) is 53.4 Å². The van der Waals surface area contributed by atoms with Gasteiger partial charge in [0.25, 0.3) is 0 Å². The van der Waals surface area contributed by atoms with Crippen LogP contribution in [-0.4, -0.2) is 33.9 Å². The van der Waals surface area contributed by atoms with Gasteiger partial charge in [-0.05, 0) is 36.8 Å². The molecule has 134 valence electrons. The van der Waals surface area contributed by atoms with Crippen molar-refractivity contribution >= 4 is 9.84 Å². The largest absolute Gasteiger partial charge is 0.384 e. The van der Waals surface area contributed by atoms with E-state index in [0.717, 1.165) is 11.1 Å². The van der Waals surface area contributed by atoms with E-state index >= 15 is 0 Å². The van der Waals surface area contributed by atoms with Crippen LogP contribution in [0.25, 0.3) is 0 Å². The van der Waals surface area contributed by atoms with Crippen molar-refractivity contribution in [1.29, 1.82) is 0 Å². The van der Waals surface area contributed by atoms with E-state index in [0.29, 0.717) is 0 Å². The summed E-state index contributed by atoms with van der Waals surface area (Å²) < 4.78 is 45.0. The van der Waals surface area contributed by atoms with E-state index in [9.17, 15) is 12.8 Å². The van der Waals surface area contributed by atoms with Crippen molar-refractivity contribution in [3.8, 4) is 0 Å². The molecule has 2 aromatic carbocycles. The molecule has 3 rings (SSSR count). The second-order valence-corrected chi connectivity index (χ2v) is 8.75. The molecular weight excluding hydrogens is 341 g/mol. The van der Waals surface area contributed by atoms with Gasteiger partial charge in [0.05, 0.1) is 16.8 Å². The molecule has 1 aliphatic rings. The van der Waals surface area contributed by atoms with Gasteiger partial charge in [-0.2, -0.15) is 0 Å². The monoisotopic (exact) mass is 363 g/mol. The lowest BCUT2D eigenvalue weighted by Gasteiger charge is -2.15. The summed E-state index contributed by atoms with van der Waals surface area (Å²) in [6.45, 7) is 2.32. The molecule has 0 spiro atoms. The summed E-state index contributed by atoms with van der Waals surface area (Å²) in [5, 5.41) is -0.682. The predicted molar refractivity (Wildman–Crippen MR) is 94.7 cm³/mol. The van der Waals surface area contributed by atoms with Crippen LogP contribution in [0.3, 0.4) is 0 Å². The average molecular weight is 363 g/mol. The molecule has 3 atom stereocenters. The van der Waals surface area contributed by atoms with Gasteiger partial charge in [0.1, 0.15) is 5.82 Å². The van der Waals surface area contributed by atoms with Crippen molar-refractivity contribution in [3.63, 3.8) is 0 Å². The summed E-state index contributed by atoms with van der Waals surface area (Å²) in [6, 6.07) is 12.8. The first-order chi connectivity index (χ1) is 11.9. The molecule has 1 saturated carbocycles. The minimum atomic E-state index is -3.59. The first-order valence-corrected chi connectivity index (χ1v) is 9.66. The van der Waals surface area contributed by atoms with Gasteiger partial charge >= 0.3 is 0 Å². The van der Waals surface area contributed by atoms with Crippen molar-refractivity contribution in [1.82, 2.24) is 0 Å². The Labute approximate surface area is 147 Å². The number of nitrogens with two attached hydrogens (primary N) is 1. The van der Waals surface area contributed by atoms with Gasteiger partial charge in [-0.15, -0.1) is 0 Å². The lowest BCUT2D eigenvalue weighted by molar-refractivity contribution is 0.142. The van der Waals surface area contributed by atoms with Crippen LogP contribution < -0.4 is 5.73 Å². The van der Waals surface area contributed by atoms with Gasteiger partial charge in [0.15, 0.2) is 9.84 Å². The minimum absolute atomic E-state index is 0.179. The highest BCUT2D eigenvalue weighted by Gasteiger charge is 2.70. The van der Waals surface area contributed by atoms with Gasteiger partial charge in [0, 0.05) is 25.0 Å². The molecule has 1 aliphatic carbocycles. The molecule has 4 nitrogen and oxygen atoms in total. The zero-order valence-corrected chi connectivity index (χ0v) is 15.1. The normalized spacial score (nSPS) is 25.8. The Hall–Kier alpha value is -1.76. The number of benzene rings is 2. The second kappa shape index (κ2) is 6.52. The van der Waals surface area contributed by atoms with Crippen LogP contribution in [0.5, 0.6) is 0 Å². The third-order valence-corrected chi connectivity index (χ3v) is 7.43. The fraction of sp³-hybridized carbons (Fsp3) is 0.368. The SMILES string of the molecule is COCC1(CN)C(c2ccc(F)cc2)C1S(=O)(=O)c1ccc(C)cc1. The Morgan fingerprint density at radius 1 is 1.12 bits per heavy atom. The summed E-state index contributed by atoms with van der Waals surface area (Å²) in [4.78, 5) is 0.279. The first-order valence-electron chi connectivity index (χ1n) is 8.12. The van der Waals surface area contributed by atoms with E-state index < -0.39 is 20.5 Å². The lowest BCUT2D eigenvalue weighted by atomic mass is 10.00. The number of methoxy groups -OCH3 is 1. The quantitative estimate of drug-likeness (QED) is 0.857. The zero-order chi connectivity index (χ0) is 18.2. The average Bonchev–Trinajstić information content (AvgIpc) is 3.26. The molecule has 0 aliphatic heterocycles. The number of sulfone groups is 1. The van der Waals surface area contributed by atoms with Gasteiger partial charge in [-0.25, -0.2) is 12.8 Å². The van der Waals surface area contributed by atoms with Crippen molar-refractivity contribution in [2.45, 2.75) is 23.0 Å². The molecule has 0 aromatic heterocycles. The van der Waals surface area contributed by atoms with Crippen LogP contribution in [-0.2, 0) is 14.6 Å². The van der Waals surface area contributed by atoms with Gasteiger partial charge in [-0.3, -0.25) is 0 Å². The Balaban J connectivity index is 2.05. The van der Waals surface area contributed by atoms with Crippen molar-refractivity contribution in [3.05, 3.63) is 65.5 Å². The van der Waals surface area contributed by atoms with Gasteiger partial charge < -0.3 is 10.5 Å². The van der Waals surface area contributed by atoms with Gasteiger partial charge in [0.2, 0.25) is 0 Å². The third kappa shape index (κ3) is 2.99. The van der Waals surface area contributed by atoms with Crippen LogP contribution in [0.2, 0.25) is 0 Å². The Kier molecular flexibility index (Phi) is 4.70. The van der Waals surface area contributed by atoms with E-state index in [1.807, 2.05) is 6.92 Å². The fourth-order valence-corrected chi connectivity index (χ4v) is 6.18. The number of hydrogen-bond donors (Lipinski definition) is 1. The molecule has 0 amide bonds. The van der Waals surface area contributed by atoms with Crippen molar-refractivity contribution in [2.75, 3.05) is 20.3 Å². The number of aryl methyl sites for hydroxylation is 1. The topological polar surface area (TPSA) is 69.4 Å². The highest BCUT2D eigenvalue weighted by Crippen LogP contribution is 2.63. The van der Waals surface area contributed by atoms with E-state index in [1.54, 1.807) is 36.4 Å². The lowest BCUT2D eigenvalue weighted by Crippen LogP contribution is -2.28. The van der Waals surface area contributed by atoms with Crippen LogP contribution >= 0.6 is 0 Å². The standard InChI is InChI=1S/C19H22FNO3S/c1-13-3-9-16(10-4-13)25(22,23)18-17(19(18,11-21)12-24-2)14-5-7-15(20)8-6-14/h3-10,17-18H,11-12,21H2,1-2H3. The molecule has 0 bridgehead atoms. The summed E-state index contributed by atoms with van der Waals surface area (Å²) in [5.41, 5.74) is 7.05. The Bertz CT molecular complexity index is 849. The highest BCUT2D eigenvalue weighted by atomic mass is 32.2. The summed E-state index contributed by atoms with van der Waals surface area (Å²) in [5.74, 6) is -0.670. The molecule has 1 fully saturated rings. The van der Waals surface area contributed by atoms with Crippen molar-refractivity contribution < 1.29 is 17.5 Å². The Morgan fingerprint density at radius 3 is 2.24 bits per heavy atom. The number of rotatable bonds is 6. The van der Waals surface area contributed by atoms with E-state index in [1.165, 1.54) is 19.2 Å².